The lowest BCUT2D eigenvalue weighted by Gasteiger charge is -2.27. The number of hydrogen-bond donors (Lipinski definition) is 1. The molecule has 1 heterocycles. The fourth-order valence-corrected chi connectivity index (χ4v) is 2.95. The van der Waals surface area contributed by atoms with Gasteiger partial charge in [0.15, 0.2) is 0 Å². The highest BCUT2D eigenvalue weighted by atomic mass is 79.9. The summed E-state index contributed by atoms with van der Waals surface area (Å²) in [6.45, 7) is 0.795. The number of aliphatic hydroxyl groups excluding tert-OH is 1. The van der Waals surface area contributed by atoms with Crippen LogP contribution in [0.15, 0.2) is 34.8 Å². The molecule has 4 heteroatoms. The summed E-state index contributed by atoms with van der Waals surface area (Å²) in [6, 6.07) is 7.79. The number of halogens is 1. The molecular weight excluding hydrogens is 318 g/mol. The van der Waals surface area contributed by atoms with Crippen molar-refractivity contribution in [1.29, 1.82) is 0 Å². The van der Waals surface area contributed by atoms with Crippen molar-refractivity contribution in [3.63, 3.8) is 0 Å². The van der Waals surface area contributed by atoms with E-state index in [2.05, 4.69) is 15.9 Å². The Bertz CT molecular complexity index is 487. The number of benzene rings is 1. The minimum Gasteiger partial charge on any atom is -0.394 e. The second-order valence-electron chi connectivity index (χ2n) is 5.11. The van der Waals surface area contributed by atoms with Crippen LogP contribution in [0.1, 0.15) is 31.2 Å². The third kappa shape index (κ3) is 4.18. The SMILES string of the molecule is O=C(/C=C/c1cccc(Br)c1)N1CCCCCC1CO. The molecule has 1 aromatic carbocycles. The van der Waals surface area contributed by atoms with Crippen LogP contribution in [0.5, 0.6) is 0 Å². The van der Waals surface area contributed by atoms with Crippen molar-refractivity contribution in [1.82, 2.24) is 4.90 Å². The maximum Gasteiger partial charge on any atom is 0.246 e. The van der Waals surface area contributed by atoms with Crippen LogP contribution in [0.2, 0.25) is 0 Å². The smallest absolute Gasteiger partial charge is 0.246 e. The molecule has 2 rings (SSSR count). The largest absolute Gasteiger partial charge is 0.394 e. The second-order valence-corrected chi connectivity index (χ2v) is 6.02. The van der Waals surface area contributed by atoms with Gasteiger partial charge in [-0.1, -0.05) is 40.9 Å². The standard InChI is InChI=1S/C16H20BrNO2/c17-14-6-4-5-13(11-14)8-9-16(20)18-10-3-1-2-7-15(18)12-19/h4-6,8-9,11,15,19H,1-3,7,10,12H2/b9-8+. The lowest BCUT2D eigenvalue weighted by Crippen LogP contribution is -2.41. The summed E-state index contributed by atoms with van der Waals surface area (Å²) in [6.07, 6.45) is 7.57. The number of rotatable bonds is 3. The first-order valence-corrected chi connectivity index (χ1v) is 7.85. The molecule has 0 bridgehead atoms. The maximum absolute atomic E-state index is 12.3. The molecule has 1 aliphatic rings. The molecular formula is C16H20BrNO2. The molecule has 1 atom stereocenters. The Morgan fingerprint density at radius 1 is 1.40 bits per heavy atom. The first kappa shape index (κ1) is 15.3. The average Bonchev–Trinajstić information content (AvgIpc) is 2.70. The Hall–Kier alpha value is -1.13. The monoisotopic (exact) mass is 337 g/mol. The highest BCUT2D eigenvalue weighted by molar-refractivity contribution is 9.10. The number of aliphatic hydroxyl groups is 1. The van der Waals surface area contributed by atoms with Gasteiger partial charge in [0.05, 0.1) is 12.6 Å². The summed E-state index contributed by atoms with van der Waals surface area (Å²) in [5.74, 6) is -0.00840. The Kier molecular flexibility index (Phi) is 5.80. The molecule has 1 saturated heterocycles. The van der Waals surface area contributed by atoms with E-state index in [1.165, 1.54) is 0 Å². The summed E-state index contributed by atoms with van der Waals surface area (Å²) < 4.78 is 0.995. The molecule has 1 N–H and O–H groups in total. The number of amides is 1. The van der Waals surface area contributed by atoms with Crippen molar-refractivity contribution in [2.75, 3.05) is 13.2 Å². The van der Waals surface area contributed by atoms with E-state index in [0.29, 0.717) is 0 Å². The van der Waals surface area contributed by atoms with Crippen LogP contribution in [-0.2, 0) is 4.79 Å². The Morgan fingerprint density at radius 3 is 3.00 bits per heavy atom. The molecule has 0 aliphatic carbocycles. The predicted octanol–water partition coefficient (Wildman–Crippen LogP) is 3.23. The summed E-state index contributed by atoms with van der Waals surface area (Å²) in [5, 5.41) is 9.43. The normalized spacial score (nSPS) is 20.1. The summed E-state index contributed by atoms with van der Waals surface area (Å²) in [4.78, 5) is 14.1. The van der Waals surface area contributed by atoms with Crippen LogP contribution in [0.3, 0.4) is 0 Å². The fourth-order valence-electron chi connectivity index (χ4n) is 2.53. The average molecular weight is 338 g/mol. The van der Waals surface area contributed by atoms with Gasteiger partial charge >= 0.3 is 0 Å². The molecule has 1 fully saturated rings. The summed E-state index contributed by atoms with van der Waals surface area (Å²) in [5.41, 5.74) is 0.989. The van der Waals surface area contributed by atoms with Gasteiger partial charge in [-0.25, -0.2) is 0 Å². The predicted molar refractivity (Wildman–Crippen MR) is 84.2 cm³/mol. The summed E-state index contributed by atoms with van der Waals surface area (Å²) >= 11 is 3.41. The van der Waals surface area contributed by atoms with E-state index >= 15 is 0 Å². The van der Waals surface area contributed by atoms with Gasteiger partial charge in [-0.2, -0.15) is 0 Å². The lowest BCUT2D eigenvalue weighted by molar-refractivity contribution is -0.129. The van der Waals surface area contributed by atoms with Crippen LogP contribution < -0.4 is 0 Å². The molecule has 1 unspecified atom stereocenters. The Morgan fingerprint density at radius 2 is 2.25 bits per heavy atom. The fraction of sp³-hybridized carbons (Fsp3) is 0.438. The minimum absolute atomic E-state index is 0.00840. The van der Waals surface area contributed by atoms with Gasteiger partial charge in [0.2, 0.25) is 5.91 Å². The van der Waals surface area contributed by atoms with Gasteiger partial charge in [0, 0.05) is 17.1 Å². The Labute approximate surface area is 128 Å². The molecule has 108 valence electrons. The van der Waals surface area contributed by atoms with Crippen molar-refractivity contribution in [2.45, 2.75) is 31.7 Å². The quantitative estimate of drug-likeness (QED) is 0.860. The van der Waals surface area contributed by atoms with Crippen LogP contribution in [0.4, 0.5) is 0 Å². The van der Waals surface area contributed by atoms with Gasteiger partial charge in [-0.05, 0) is 36.6 Å². The number of hydrogen-bond acceptors (Lipinski definition) is 2. The van der Waals surface area contributed by atoms with E-state index in [9.17, 15) is 9.90 Å². The molecule has 0 radical (unpaired) electrons. The van der Waals surface area contributed by atoms with Crippen molar-refractivity contribution in [3.8, 4) is 0 Å². The highest BCUT2D eigenvalue weighted by Crippen LogP contribution is 2.18. The zero-order valence-electron chi connectivity index (χ0n) is 11.5. The number of nitrogens with zero attached hydrogens (tertiary/aromatic N) is 1. The topological polar surface area (TPSA) is 40.5 Å². The number of carbonyl (C=O) groups is 1. The molecule has 0 spiro atoms. The zero-order valence-corrected chi connectivity index (χ0v) is 13.1. The first-order valence-electron chi connectivity index (χ1n) is 7.06. The molecule has 0 aromatic heterocycles. The molecule has 1 aliphatic heterocycles. The van der Waals surface area contributed by atoms with E-state index in [0.717, 1.165) is 42.3 Å². The summed E-state index contributed by atoms with van der Waals surface area (Å²) in [7, 11) is 0. The van der Waals surface area contributed by atoms with Crippen molar-refractivity contribution >= 4 is 27.9 Å². The van der Waals surface area contributed by atoms with E-state index in [-0.39, 0.29) is 18.6 Å². The van der Waals surface area contributed by atoms with Crippen molar-refractivity contribution in [3.05, 3.63) is 40.4 Å². The third-order valence-electron chi connectivity index (χ3n) is 3.64. The van der Waals surface area contributed by atoms with E-state index in [1.54, 1.807) is 6.08 Å². The molecule has 3 nitrogen and oxygen atoms in total. The van der Waals surface area contributed by atoms with Crippen LogP contribution in [0.25, 0.3) is 6.08 Å². The van der Waals surface area contributed by atoms with Crippen molar-refractivity contribution in [2.24, 2.45) is 0 Å². The van der Waals surface area contributed by atoms with Gasteiger partial charge in [0.25, 0.3) is 0 Å². The number of carbonyl (C=O) groups excluding carboxylic acids is 1. The molecule has 0 saturated carbocycles. The van der Waals surface area contributed by atoms with Crippen LogP contribution >= 0.6 is 15.9 Å². The van der Waals surface area contributed by atoms with Crippen molar-refractivity contribution < 1.29 is 9.90 Å². The second kappa shape index (κ2) is 7.60. The van der Waals surface area contributed by atoms with E-state index in [1.807, 2.05) is 35.2 Å². The Balaban J connectivity index is 2.05. The maximum atomic E-state index is 12.3. The van der Waals surface area contributed by atoms with Crippen LogP contribution in [-0.4, -0.2) is 35.1 Å². The first-order chi connectivity index (χ1) is 9.70. The molecule has 1 aromatic rings. The third-order valence-corrected chi connectivity index (χ3v) is 4.13. The highest BCUT2D eigenvalue weighted by Gasteiger charge is 2.22. The van der Waals surface area contributed by atoms with Gasteiger partial charge in [0.1, 0.15) is 0 Å². The molecule has 20 heavy (non-hydrogen) atoms. The van der Waals surface area contributed by atoms with Gasteiger partial charge < -0.3 is 10.0 Å². The number of likely N-dealkylation sites (tertiary alicyclic amines) is 1. The van der Waals surface area contributed by atoms with E-state index < -0.39 is 0 Å². The van der Waals surface area contributed by atoms with Crippen LogP contribution in [0, 0.1) is 0 Å². The minimum atomic E-state index is -0.0304. The van der Waals surface area contributed by atoms with Gasteiger partial charge in [-0.3, -0.25) is 4.79 Å². The molecule has 1 amide bonds. The lowest BCUT2D eigenvalue weighted by atomic mass is 10.1. The van der Waals surface area contributed by atoms with Gasteiger partial charge in [-0.15, -0.1) is 0 Å². The zero-order chi connectivity index (χ0) is 14.4. The van der Waals surface area contributed by atoms with E-state index in [4.69, 9.17) is 0 Å².